The number of halogens is 2. The number of hydrogen-bond acceptors (Lipinski definition) is 5. The summed E-state index contributed by atoms with van der Waals surface area (Å²) in [6.07, 6.45) is 0. The smallest absolute Gasteiger partial charge is 0.264 e. The highest BCUT2D eigenvalue weighted by molar-refractivity contribution is 7.92. The molecule has 3 aromatic carbocycles. The highest BCUT2D eigenvalue weighted by Crippen LogP contribution is 2.29. The lowest BCUT2D eigenvalue weighted by Crippen LogP contribution is -2.51. The van der Waals surface area contributed by atoms with Crippen molar-refractivity contribution in [3.8, 4) is 5.75 Å². The lowest BCUT2D eigenvalue weighted by atomic mass is 10.1. The zero-order chi connectivity index (χ0) is 31.0. The number of aryl methyl sites for hydroxylation is 1. The minimum atomic E-state index is -4.19. The van der Waals surface area contributed by atoms with Gasteiger partial charge < -0.3 is 15.0 Å². The number of hydrogen-bond donors (Lipinski definition) is 1. The van der Waals surface area contributed by atoms with Crippen molar-refractivity contribution >= 4 is 50.7 Å². The molecule has 0 bridgehead atoms. The van der Waals surface area contributed by atoms with Crippen molar-refractivity contribution in [2.24, 2.45) is 5.92 Å². The van der Waals surface area contributed by atoms with Crippen LogP contribution in [0.2, 0.25) is 10.0 Å². The first-order chi connectivity index (χ1) is 19.8. The van der Waals surface area contributed by atoms with E-state index in [9.17, 15) is 18.0 Å². The number of anilines is 1. The molecule has 8 nitrogen and oxygen atoms in total. The molecule has 2 amide bonds. The zero-order valence-corrected chi connectivity index (χ0v) is 26.8. The maximum Gasteiger partial charge on any atom is 0.264 e. The third-order valence-electron chi connectivity index (χ3n) is 6.57. The first-order valence-electron chi connectivity index (χ1n) is 13.7. The van der Waals surface area contributed by atoms with E-state index in [1.54, 1.807) is 61.5 Å². The Balaban J connectivity index is 2.05. The molecule has 0 radical (unpaired) electrons. The molecular weight excluding hydrogens is 597 g/mol. The van der Waals surface area contributed by atoms with Gasteiger partial charge in [-0.05, 0) is 75.2 Å². The molecule has 3 rings (SSSR count). The van der Waals surface area contributed by atoms with Crippen molar-refractivity contribution in [1.29, 1.82) is 0 Å². The summed E-state index contributed by atoms with van der Waals surface area (Å²) in [7, 11) is -4.19. The van der Waals surface area contributed by atoms with E-state index < -0.39 is 28.5 Å². The van der Waals surface area contributed by atoms with Crippen LogP contribution in [0.4, 0.5) is 5.69 Å². The number of nitrogens with one attached hydrogen (secondary N) is 1. The fraction of sp³-hybridized carbons (Fsp3) is 0.355. The average Bonchev–Trinajstić information content (AvgIpc) is 2.95. The maximum atomic E-state index is 14.1. The molecular formula is C31H37Cl2N3O5S. The predicted molar refractivity (Wildman–Crippen MR) is 168 cm³/mol. The van der Waals surface area contributed by atoms with Crippen LogP contribution in [0.25, 0.3) is 0 Å². The largest absolute Gasteiger partial charge is 0.494 e. The lowest BCUT2D eigenvalue weighted by Gasteiger charge is -2.32. The second-order valence-corrected chi connectivity index (χ2v) is 13.0. The quantitative estimate of drug-likeness (QED) is 0.246. The van der Waals surface area contributed by atoms with Gasteiger partial charge in [-0.15, -0.1) is 0 Å². The number of ether oxygens (including phenoxy) is 1. The molecule has 1 atom stereocenters. The lowest BCUT2D eigenvalue weighted by molar-refractivity contribution is -0.139. The van der Waals surface area contributed by atoms with Crippen molar-refractivity contribution in [1.82, 2.24) is 10.2 Å². The predicted octanol–water partition coefficient (Wildman–Crippen LogP) is 6.09. The van der Waals surface area contributed by atoms with E-state index in [0.29, 0.717) is 34.5 Å². The van der Waals surface area contributed by atoms with Gasteiger partial charge in [0.05, 0.1) is 17.2 Å². The standard InChI is InChI=1S/C31H37Cl2N3O5S/c1-6-41-25-14-12-24(13-15-25)36(42(39,40)26-16-10-22(4)11-17-26)20-30(37)35(23(5)31(38)34-18-21(2)3)19-27-28(32)8-7-9-29(27)33/h7-17,21,23H,6,18-20H2,1-5H3,(H,34,38)/t23-/m0/s1. The Morgan fingerprint density at radius 2 is 1.52 bits per heavy atom. The van der Waals surface area contributed by atoms with Crippen LogP contribution in [0.1, 0.15) is 38.8 Å². The second-order valence-electron chi connectivity index (χ2n) is 10.3. The first kappa shape index (κ1) is 33.2. The Labute approximate surface area is 258 Å². The molecule has 0 aliphatic carbocycles. The van der Waals surface area contributed by atoms with Crippen LogP contribution in [0.5, 0.6) is 5.75 Å². The van der Waals surface area contributed by atoms with Gasteiger partial charge in [0.1, 0.15) is 18.3 Å². The van der Waals surface area contributed by atoms with Gasteiger partial charge in [0.25, 0.3) is 10.0 Å². The molecule has 0 aromatic heterocycles. The summed E-state index contributed by atoms with van der Waals surface area (Å²) in [5, 5.41) is 3.50. The third kappa shape index (κ3) is 8.40. The van der Waals surface area contributed by atoms with Crippen LogP contribution in [-0.4, -0.2) is 50.9 Å². The minimum absolute atomic E-state index is 0.0261. The zero-order valence-electron chi connectivity index (χ0n) is 24.4. The van der Waals surface area contributed by atoms with Gasteiger partial charge in [0.15, 0.2) is 0 Å². The minimum Gasteiger partial charge on any atom is -0.494 e. The molecule has 0 aliphatic rings. The van der Waals surface area contributed by atoms with E-state index in [4.69, 9.17) is 27.9 Å². The van der Waals surface area contributed by atoms with Crippen LogP contribution < -0.4 is 14.4 Å². The molecule has 11 heteroatoms. The highest BCUT2D eigenvalue weighted by Gasteiger charge is 2.33. The Bertz CT molecular complexity index is 1460. The Morgan fingerprint density at radius 1 is 0.929 bits per heavy atom. The molecule has 3 aromatic rings. The van der Waals surface area contributed by atoms with Gasteiger partial charge in [-0.2, -0.15) is 0 Å². The van der Waals surface area contributed by atoms with E-state index in [0.717, 1.165) is 9.87 Å². The fourth-order valence-corrected chi connectivity index (χ4v) is 6.06. The van der Waals surface area contributed by atoms with Gasteiger partial charge in [0.2, 0.25) is 11.8 Å². The summed E-state index contributed by atoms with van der Waals surface area (Å²) < 4.78 is 34.5. The molecule has 0 heterocycles. The molecule has 226 valence electrons. The molecule has 0 saturated carbocycles. The Morgan fingerprint density at radius 3 is 2.07 bits per heavy atom. The number of carbonyl (C=O) groups is 2. The van der Waals surface area contributed by atoms with E-state index in [1.165, 1.54) is 17.0 Å². The molecule has 0 aliphatic heterocycles. The van der Waals surface area contributed by atoms with Crippen molar-refractivity contribution in [2.45, 2.75) is 52.1 Å². The van der Waals surface area contributed by atoms with E-state index in [-0.39, 0.29) is 29.0 Å². The SMILES string of the molecule is CCOc1ccc(N(CC(=O)N(Cc2c(Cl)cccc2Cl)[C@@H](C)C(=O)NCC(C)C)S(=O)(=O)c2ccc(C)cc2)cc1. The van der Waals surface area contributed by atoms with E-state index in [1.807, 2.05) is 27.7 Å². The number of nitrogens with zero attached hydrogens (tertiary/aromatic N) is 2. The van der Waals surface area contributed by atoms with Crippen molar-refractivity contribution in [3.05, 3.63) is 87.9 Å². The number of benzene rings is 3. The molecule has 0 spiro atoms. The highest BCUT2D eigenvalue weighted by atomic mass is 35.5. The summed E-state index contributed by atoms with van der Waals surface area (Å²) >= 11 is 12.9. The average molecular weight is 635 g/mol. The summed E-state index contributed by atoms with van der Waals surface area (Å²) in [4.78, 5) is 28.5. The van der Waals surface area contributed by atoms with Crippen molar-refractivity contribution in [2.75, 3.05) is 24.0 Å². The molecule has 1 N–H and O–H groups in total. The van der Waals surface area contributed by atoms with Crippen LogP contribution in [0, 0.1) is 12.8 Å². The second kappa shape index (κ2) is 14.8. The van der Waals surface area contributed by atoms with Crippen molar-refractivity contribution < 1.29 is 22.7 Å². The number of rotatable bonds is 13. The summed E-state index contributed by atoms with van der Waals surface area (Å²) in [6.45, 7) is 9.39. The molecule has 42 heavy (non-hydrogen) atoms. The summed E-state index contributed by atoms with van der Waals surface area (Å²) in [5.41, 5.74) is 1.60. The molecule has 0 unspecified atom stereocenters. The number of amides is 2. The molecule has 0 saturated heterocycles. The van der Waals surface area contributed by atoms with Gasteiger partial charge >= 0.3 is 0 Å². The molecule has 0 fully saturated rings. The topological polar surface area (TPSA) is 96.0 Å². The van der Waals surface area contributed by atoms with Crippen molar-refractivity contribution in [3.63, 3.8) is 0 Å². The monoisotopic (exact) mass is 633 g/mol. The van der Waals surface area contributed by atoms with Gasteiger partial charge in [-0.3, -0.25) is 13.9 Å². The van der Waals surface area contributed by atoms with E-state index >= 15 is 0 Å². The summed E-state index contributed by atoms with van der Waals surface area (Å²) in [5.74, 6) is -0.235. The van der Waals surface area contributed by atoms with Crippen LogP contribution in [0.3, 0.4) is 0 Å². The van der Waals surface area contributed by atoms with E-state index in [2.05, 4.69) is 5.32 Å². The van der Waals surface area contributed by atoms with Gasteiger partial charge in [0, 0.05) is 28.7 Å². The normalized spacial score (nSPS) is 12.1. The van der Waals surface area contributed by atoms with Crippen LogP contribution in [-0.2, 0) is 26.2 Å². The Hall–Kier alpha value is -3.27. The third-order valence-corrected chi connectivity index (χ3v) is 9.06. The van der Waals surface area contributed by atoms with Gasteiger partial charge in [-0.1, -0.05) is 60.8 Å². The Kier molecular flexibility index (Phi) is 11.7. The maximum absolute atomic E-state index is 14.1. The van der Waals surface area contributed by atoms with Crippen LogP contribution >= 0.6 is 23.2 Å². The van der Waals surface area contributed by atoms with Gasteiger partial charge in [-0.25, -0.2) is 8.42 Å². The summed E-state index contributed by atoms with van der Waals surface area (Å²) in [6, 6.07) is 16.8. The number of sulfonamides is 1. The first-order valence-corrected chi connectivity index (χ1v) is 15.9. The number of carbonyl (C=O) groups excluding carboxylic acids is 2. The van der Waals surface area contributed by atoms with Crippen LogP contribution in [0.15, 0.2) is 71.6 Å². The fourth-order valence-electron chi connectivity index (χ4n) is 4.13.